The average Bonchev–Trinajstić information content (AvgIpc) is 3.27. The van der Waals surface area contributed by atoms with Crippen LogP contribution >= 0.6 is 0 Å². The van der Waals surface area contributed by atoms with Gasteiger partial charge in [-0.15, -0.1) is 0 Å². The van der Waals surface area contributed by atoms with Gasteiger partial charge in [0.05, 0.1) is 30.5 Å². The van der Waals surface area contributed by atoms with Crippen molar-refractivity contribution in [2.75, 3.05) is 13.2 Å². The Bertz CT molecular complexity index is 2110. The third kappa shape index (κ3) is 11.5. The maximum Gasteiger partial charge on any atom is 0.349 e. The lowest BCUT2D eigenvalue weighted by molar-refractivity contribution is -0.144. The monoisotopic (exact) mass is 794 g/mol. The summed E-state index contributed by atoms with van der Waals surface area (Å²) >= 11 is 0. The van der Waals surface area contributed by atoms with Crippen LogP contribution in [-0.2, 0) is 19.1 Å². The maximum absolute atomic E-state index is 12.9. The molecule has 0 spiro atoms. The van der Waals surface area contributed by atoms with Gasteiger partial charge >= 0.3 is 11.9 Å². The molecule has 4 aromatic rings. The van der Waals surface area contributed by atoms with Gasteiger partial charge in [-0.3, -0.25) is 29.1 Å². The number of unbranched alkanes of at least 4 members (excludes halogenated alkanes) is 2. The second kappa shape index (κ2) is 23.0. The van der Waals surface area contributed by atoms with E-state index >= 15 is 0 Å². The van der Waals surface area contributed by atoms with Crippen molar-refractivity contribution in [1.82, 2.24) is 9.97 Å². The molecule has 0 saturated heterocycles. The first-order chi connectivity index (χ1) is 28.6. The number of hydrogen-bond acceptors (Lipinski definition) is 11. The van der Waals surface area contributed by atoms with E-state index < -0.39 is 11.9 Å². The molecule has 0 bridgehead atoms. The van der Waals surface area contributed by atoms with Crippen molar-refractivity contribution in [3.63, 3.8) is 0 Å². The van der Waals surface area contributed by atoms with Crippen LogP contribution in [0.25, 0.3) is 5.57 Å². The van der Waals surface area contributed by atoms with Crippen LogP contribution in [0, 0.1) is 34.5 Å². The summed E-state index contributed by atoms with van der Waals surface area (Å²) in [5.41, 5.74) is 3.54. The van der Waals surface area contributed by atoms with Crippen molar-refractivity contribution < 1.29 is 33.4 Å². The molecule has 0 N–H and O–H groups in total. The van der Waals surface area contributed by atoms with Crippen molar-refractivity contribution in [3.05, 3.63) is 136 Å². The molecule has 11 heteroatoms. The molecule has 0 saturated carbocycles. The molecular formula is C48H50N4O7. The normalized spacial score (nSPS) is 13.8. The fraction of sp³-hybridized carbons (Fsp3) is 0.354. The SMILES string of the molecule is CCCCC(CC)COC(=O)/C(C#N)=C1\c2ccccc2C(=O)c2cccnc21.CCCCC(CC)COC(=O)CC#N.O=C1c2ccccc2C(=O)c2ncccc21. The number of aromatic nitrogens is 2. The molecule has 6 rings (SSSR count). The topological polar surface area (TPSA) is 177 Å². The van der Waals surface area contributed by atoms with Gasteiger partial charge < -0.3 is 9.47 Å². The van der Waals surface area contributed by atoms with Crippen LogP contribution in [-0.4, -0.2) is 52.5 Å². The van der Waals surface area contributed by atoms with Crippen molar-refractivity contribution >= 4 is 34.9 Å². The largest absolute Gasteiger partial charge is 0.465 e. The molecule has 0 amide bonds. The van der Waals surface area contributed by atoms with E-state index in [0.717, 1.165) is 38.5 Å². The molecule has 0 aliphatic heterocycles. The molecular weight excluding hydrogens is 745 g/mol. The Balaban J connectivity index is 0.000000216. The van der Waals surface area contributed by atoms with Crippen molar-refractivity contribution in [1.29, 1.82) is 10.5 Å². The first-order valence-corrected chi connectivity index (χ1v) is 20.2. The molecule has 2 atom stereocenters. The number of benzene rings is 2. The molecule has 0 radical (unpaired) electrons. The van der Waals surface area contributed by atoms with Crippen LogP contribution in [0.3, 0.4) is 0 Å². The van der Waals surface area contributed by atoms with E-state index in [9.17, 15) is 29.2 Å². The van der Waals surface area contributed by atoms with Gasteiger partial charge in [0, 0.05) is 40.2 Å². The number of rotatable bonds is 14. The number of nitrogens with zero attached hydrogens (tertiary/aromatic N) is 4. The highest BCUT2D eigenvalue weighted by molar-refractivity contribution is 6.27. The minimum atomic E-state index is -0.668. The summed E-state index contributed by atoms with van der Waals surface area (Å²) in [4.78, 5) is 69.0. The summed E-state index contributed by atoms with van der Waals surface area (Å²) in [5, 5.41) is 18.1. The standard InChI is InChI=1S/C24H24N2O3.C13H7NO2.C11H19NO2/c1-3-5-9-16(4-2)15-29-24(28)20(14-25)21-17-10-6-7-11-18(17)23(27)19-12-8-13-26-22(19)21;15-12-8-4-1-2-5-9(8)13(16)11-10(12)6-3-7-14-11;1-3-5-6-10(4-2)9-14-11(13)7-8-12/h6-8,10-13,16H,3-5,9,15H2,1-2H3;1-7H;10H,3-7,9H2,1-2H3/b21-20+;;. The molecule has 2 aromatic carbocycles. The predicted octanol–water partition coefficient (Wildman–Crippen LogP) is 9.23. The Hall–Kier alpha value is -6.59. The second-order valence-electron chi connectivity index (χ2n) is 14.2. The number of esters is 2. The Morgan fingerprint density at radius 3 is 1.58 bits per heavy atom. The lowest BCUT2D eigenvalue weighted by Gasteiger charge is -2.21. The molecule has 11 nitrogen and oxygen atoms in total. The summed E-state index contributed by atoms with van der Waals surface area (Å²) in [6, 6.07) is 24.2. The van der Waals surface area contributed by atoms with E-state index in [1.165, 1.54) is 19.0 Å². The minimum absolute atomic E-state index is 0.116. The smallest absolute Gasteiger partial charge is 0.349 e. The van der Waals surface area contributed by atoms with E-state index in [4.69, 9.17) is 14.7 Å². The zero-order chi connectivity index (χ0) is 42.7. The fourth-order valence-corrected chi connectivity index (χ4v) is 6.73. The predicted molar refractivity (Wildman–Crippen MR) is 222 cm³/mol. The quantitative estimate of drug-likeness (QED) is 0.0583. The fourth-order valence-electron chi connectivity index (χ4n) is 6.73. The third-order valence-electron chi connectivity index (χ3n) is 10.2. The first kappa shape index (κ1) is 45.1. The van der Waals surface area contributed by atoms with Crippen LogP contribution in [0.15, 0.2) is 90.8 Å². The highest BCUT2D eigenvalue weighted by Crippen LogP contribution is 2.37. The zero-order valence-electron chi connectivity index (χ0n) is 34.2. The van der Waals surface area contributed by atoms with Gasteiger partial charge in [0.2, 0.25) is 5.78 Å². The van der Waals surface area contributed by atoms with E-state index in [1.54, 1.807) is 85.1 Å². The van der Waals surface area contributed by atoms with Gasteiger partial charge in [0.1, 0.15) is 23.8 Å². The molecule has 2 aliphatic rings. The van der Waals surface area contributed by atoms with Crippen LogP contribution in [0.1, 0.15) is 145 Å². The molecule has 304 valence electrons. The van der Waals surface area contributed by atoms with Crippen LogP contribution in [0.2, 0.25) is 0 Å². The number of ketones is 3. The second-order valence-corrected chi connectivity index (χ2v) is 14.2. The highest BCUT2D eigenvalue weighted by Gasteiger charge is 2.33. The lowest BCUT2D eigenvalue weighted by Crippen LogP contribution is -2.21. The first-order valence-electron chi connectivity index (χ1n) is 20.2. The van der Waals surface area contributed by atoms with Gasteiger partial charge in [-0.2, -0.15) is 10.5 Å². The van der Waals surface area contributed by atoms with Crippen LogP contribution in [0.4, 0.5) is 0 Å². The molecule has 2 aromatic heterocycles. The van der Waals surface area contributed by atoms with E-state index in [-0.39, 0.29) is 47.6 Å². The molecule has 2 aliphatic carbocycles. The van der Waals surface area contributed by atoms with E-state index in [1.807, 2.05) is 6.07 Å². The molecule has 59 heavy (non-hydrogen) atoms. The number of carbonyl (C=O) groups is 5. The Morgan fingerprint density at radius 2 is 1.07 bits per heavy atom. The van der Waals surface area contributed by atoms with Gasteiger partial charge in [-0.25, -0.2) is 4.79 Å². The Kier molecular flexibility index (Phi) is 17.6. The van der Waals surface area contributed by atoms with Crippen molar-refractivity contribution in [2.45, 2.75) is 85.5 Å². The van der Waals surface area contributed by atoms with Gasteiger partial charge in [-0.1, -0.05) is 115 Å². The summed E-state index contributed by atoms with van der Waals surface area (Å²) < 4.78 is 10.5. The number of hydrogen-bond donors (Lipinski definition) is 0. The van der Waals surface area contributed by atoms with Crippen LogP contribution < -0.4 is 0 Å². The van der Waals surface area contributed by atoms with Gasteiger partial charge in [-0.05, 0) is 54.5 Å². The number of nitriles is 2. The van der Waals surface area contributed by atoms with Crippen LogP contribution in [0.5, 0.6) is 0 Å². The summed E-state index contributed by atoms with van der Waals surface area (Å²) in [6.07, 6.45) is 11.5. The average molecular weight is 795 g/mol. The molecule has 0 fully saturated rings. The Morgan fingerprint density at radius 1 is 0.610 bits per heavy atom. The summed E-state index contributed by atoms with van der Waals surface area (Å²) in [7, 11) is 0. The third-order valence-corrected chi connectivity index (χ3v) is 10.2. The number of ether oxygens (including phenoxy) is 2. The molecule has 2 unspecified atom stereocenters. The zero-order valence-corrected chi connectivity index (χ0v) is 34.2. The number of fused-ring (bicyclic) bond motifs is 4. The van der Waals surface area contributed by atoms with Gasteiger partial charge in [0.15, 0.2) is 11.6 Å². The number of pyridine rings is 2. The van der Waals surface area contributed by atoms with E-state index in [2.05, 4.69) is 37.7 Å². The maximum atomic E-state index is 12.9. The number of carbonyl (C=O) groups excluding carboxylic acids is 5. The summed E-state index contributed by atoms with van der Waals surface area (Å²) in [5.74, 6) is -0.805. The lowest BCUT2D eigenvalue weighted by atomic mass is 9.82. The highest BCUT2D eigenvalue weighted by atomic mass is 16.5. The van der Waals surface area contributed by atoms with Crippen molar-refractivity contribution in [3.8, 4) is 12.1 Å². The Labute approximate surface area is 346 Å². The van der Waals surface area contributed by atoms with Gasteiger partial charge in [0.25, 0.3) is 0 Å². The molecule has 2 heterocycles. The minimum Gasteiger partial charge on any atom is -0.465 e. The van der Waals surface area contributed by atoms with E-state index in [0.29, 0.717) is 57.2 Å². The van der Waals surface area contributed by atoms with Crippen molar-refractivity contribution in [2.24, 2.45) is 11.8 Å². The summed E-state index contributed by atoms with van der Waals surface area (Å²) in [6.45, 7) is 9.19.